The Morgan fingerprint density at radius 3 is 2.26 bits per heavy atom. The third-order valence-corrected chi connectivity index (χ3v) is 7.18. The third-order valence-electron chi connectivity index (χ3n) is 7.18. The lowest BCUT2D eigenvalue weighted by atomic mass is 9.83. The maximum absolute atomic E-state index is 13.1. The highest BCUT2D eigenvalue weighted by molar-refractivity contribution is 5.81. The lowest BCUT2D eigenvalue weighted by Gasteiger charge is -2.43. The van der Waals surface area contributed by atoms with Gasteiger partial charge in [-0.1, -0.05) is 53.4 Å². The van der Waals surface area contributed by atoms with Gasteiger partial charge in [-0.3, -0.25) is 9.69 Å². The zero-order valence-electron chi connectivity index (χ0n) is 20.0. The number of rotatable bonds is 9. The monoisotopic (exact) mass is 442 g/mol. The molecule has 31 heavy (non-hydrogen) atoms. The second-order valence-electron chi connectivity index (χ2n) is 10.8. The van der Waals surface area contributed by atoms with Crippen LogP contribution in [0.3, 0.4) is 0 Å². The molecule has 1 aliphatic carbocycles. The Balaban J connectivity index is 1.80. The molecule has 0 spiro atoms. The van der Waals surface area contributed by atoms with Gasteiger partial charge in [-0.05, 0) is 38.1 Å². The van der Waals surface area contributed by atoms with E-state index in [0.29, 0.717) is 18.5 Å². The molecule has 7 nitrogen and oxygen atoms in total. The maximum atomic E-state index is 13.1. The molecule has 0 radical (unpaired) electrons. The summed E-state index contributed by atoms with van der Waals surface area (Å²) in [6, 6.07) is -0.181. The van der Waals surface area contributed by atoms with Crippen molar-refractivity contribution in [3.05, 3.63) is 0 Å². The van der Waals surface area contributed by atoms with Crippen LogP contribution in [0.2, 0.25) is 0 Å². The van der Waals surface area contributed by atoms with Gasteiger partial charge in [-0.25, -0.2) is 0 Å². The molecule has 1 saturated carbocycles. The number of unbranched alkanes of at least 4 members (excludes halogenated alkanes) is 3. The Hall–Kier alpha value is -0.730. The topological polar surface area (TPSA) is 104 Å². The highest BCUT2D eigenvalue weighted by Gasteiger charge is 2.40. The zero-order valence-corrected chi connectivity index (χ0v) is 20.0. The lowest BCUT2D eigenvalue weighted by Crippen LogP contribution is -2.62. The van der Waals surface area contributed by atoms with Gasteiger partial charge >= 0.3 is 0 Å². The second-order valence-corrected chi connectivity index (χ2v) is 10.8. The van der Waals surface area contributed by atoms with Crippen molar-refractivity contribution < 1.29 is 25.2 Å². The van der Waals surface area contributed by atoms with Crippen molar-refractivity contribution in [3.63, 3.8) is 0 Å². The summed E-state index contributed by atoms with van der Waals surface area (Å²) in [5.74, 6) is 0.814. The average molecular weight is 443 g/mol. The summed E-state index contributed by atoms with van der Waals surface area (Å²) in [6.45, 7) is 9.78. The first-order valence-electron chi connectivity index (χ1n) is 12.3. The van der Waals surface area contributed by atoms with Gasteiger partial charge < -0.3 is 25.3 Å². The minimum atomic E-state index is -1.21. The molecule has 4 N–H and O–H groups in total. The van der Waals surface area contributed by atoms with Gasteiger partial charge in [0, 0.05) is 24.5 Å². The van der Waals surface area contributed by atoms with Crippen LogP contribution in [0.25, 0.3) is 0 Å². The molecule has 7 heteroatoms. The SMILES string of the molecule is C[C@H]1CCCCC1N(CCCCCCN1C[C@H](O)[C@@H](O)[C@H](O)[C@H]1CO)C(=O)C(C)(C)C. The number of likely N-dealkylation sites (tertiary alicyclic amines) is 1. The Morgan fingerprint density at radius 2 is 1.65 bits per heavy atom. The molecule has 2 rings (SSSR count). The molecule has 1 amide bonds. The van der Waals surface area contributed by atoms with E-state index in [4.69, 9.17) is 0 Å². The van der Waals surface area contributed by atoms with E-state index in [1.807, 2.05) is 25.7 Å². The molecular formula is C24H46N2O5. The number of amides is 1. The predicted octanol–water partition coefficient (Wildman–Crippen LogP) is 1.76. The number of piperidine rings is 1. The molecule has 2 aliphatic rings. The predicted molar refractivity (Wildman–Crippen MR) is 122 cm³/mol. The van der Waals surface area contributed by atoms with E-state index in [-0.39, 0.29) is 24.5 Å². The summed E-state index contributed by atoms with van der Waals surface area (Å²) < 4.78 is 0. The highest BCUT2D eigenvalue weighted by atomic mass is 16.4. The van der Waals surface area contributed by atoms with Crippen LogP contribution in [-0.2, 0) is 4.79 Å². The second kappa shape index (κ2) is 11.9. The van der Waals surface area contributed by atoms with E-state index < -0.39 is 24.4 Å². The summed E-state index contributed by atoms with van der Waals surface area (Å²) >= 11 is 0. The van der Waals surface area contributed by atoms with Gasteiger partial charge in [-0.2, -0.15) is 0 Å². The number of nitrogens with zero attached hydrogens (tertiary/aromatic N) is 2. The number of carbonyl (C=O) groups excluding carboxylic acids is 1. The van der Waals surface area contributed by atoms with Gasteiger partial charge in [0.15, 0.2) is 0 Å². The minimum absolute atomic E-state index is 0.242. The molecule has 0 aromatic carbocycles. The van der Waals surface area contributed by atoms with Crippen LogP contribution in [0, 0.1) is 11.3 Å². The smallest absolute Gasteiger partial charge is 0.228 e. The Labute approximate surface area is 188 Å². The molecule has 0 aromatic rings. The van der Waals surface area contributed by atoms with E-state index in [1.54, 1.807) is 0 Å². The van der Waals surface area contributed by atoms with Crippen LogP contribution in [0.1, 0.15) is 79.1 Å². The average Bonchev–Trinajstić information content (AvgIpc) is 2.71. The van der Waals surface area contributed by atoms with Gasteiger partial charge in [-0.15, -0.1) is 0 Å². The first kappa shape index (κ1) is 26.5. The first-order chi connectivity index (χ1) is 14.6. The van der Waals surface area contributed by atoms with Crippen molar-refractivity contribution in [1.29, 1.82) is 0 Å². The zero-order chi connectivity index (χ0) is 23.2. The molecule has 182 valence electrons. The van der Waals surface area contributed by atoms with Crippen LogP contribution >= 0.6 is 0 Å². The normalized spacial score (nSPS) is 32.8. The van der Waals surface area contributed by atoms with E-state index in [9.17, 15) is 25.2 Å². The van der Waals surface area contributed by atoms with Crippen LogP contribution in [0.4, 0.5) is 0 Å². The number of hydrogen-bond donors (Lipinski definition) is 4. The van der Waals surface area contributed by atoms with Crippen molar-refractivity contribution in [2.45, 2.75) is 109 Å². The van der Waals surface area contributed by atoms with Gasteiger partial charge in [0.2, 0.25) is 5.91 Å². The Kier molecular flexibility index (Phi) is 10.2. The minimum Gasteiger partial charge on any atom is -0.395 e. The van der Waals surface area contributed by atoms with Crippen molar-refractivity contribution in [2.75, 3.05) is 26.2 Å². The molecule has 1 saturated heterocycles. The fourth-order valence-electron chi connectivity index (χ4n) is 5.19. The van der Waals surface area contributed by atoms with Gasteiger partial charge in [0.1, 0.15) is 12.2 Å². The molecule has 6 atom stereocenters. The van der Waals surface area contributed by atoms with E-state index >= 15 is 0 Å². The van der Waals surface area contributed by atoms with Gasteiger partial charge in [0.25, 0.3) is 0 Å². The maximum Gasteiger partial charge on any atom is 0.228 e. The van der Waals surface area contributed by atoms with Crippen molar-refractivity contribution in [2.24, 2.45) is 11.3 Å². The molecular weight excluding hydrogens is 396 g/mol. The first-order valence-corrected chi connectivity index (χ1v) is 12.3. The van der Waals surface area contributed by atoms with E-state index in [0.717, 1.165) is 38.6 Å². The standard InChI is InChI=1S/C24H46N2O5/c1-17-11-7-8-12-18(17)26(23(31)24(2,3)4)14-10-6-5-9-13-25-15-20(28)22(30)21(29)19(25)16-27/h17-22,27-30H,5-16H2,1-4H3/t17-,18?,19+,20-,21+,22+/m0/s1. The number of aliphatic hydroxyl groups excluding tert-OH is 4. The van der Waals surface area contributed by atoms with Crippen LogP contribution in [0.5, 0.6) is 0 Å². The molecule has 0 bridgehead atoms. The van der Waals surface area contributed by atoms with Crippen molar-refractivity contribution in [1.82, 2.24) is 9.80 Å². The summed E-state index contributed by atoms with van der Waals surface area (Å²) in [7, 11) is 0. The van der Waals surface area contributed by atoms with E-state index in [2.05, 4.69) is 11.8 Å². The fraction of sp³-hybridized carbons (Fsp3) is 0.958. The van der Waals surface area contributed by atoms with Crippen molar-refractivity contribution >= 4 is 5.91 Å². The number of β-amino-alcohol motifs (C(OH)–C–C–N with tert-alkyl or cyclic N) is 1. The molecule has 1 unspecified atom stereocenters. The molecule has 1 heterocycles. The van der Waals surface area contributed by atoms with Crippen LogP contribution in [0.15, 0.2) is 0 Å². The largest absolute Gasteiger partial charge is 0.395 e. The fourth-order valence-corrected chi connectivity index (χ4v) is 5.19. The quantitative estimate of drug-likeness (QED) is 0.406. The molecule has 0 aromatic heterocycles. The third kappa shape index (κ3) is 7.13. The highest BCUT2D eigenvalue weighted by Crippen LogP contribution is 2.31. The van der Waals surface area contributed by atoms with Crippen LogP contribution < -0.4 is 0 Å². The molecule has 2 fully saturated rings. The van der Waals surface area contributed by atoms with Crippen LogP contribution in [-0.4, -0.2) is 92.8 Å². The van der Waals surface area contributed by atoms with E-state index in [1.165, 1.54) is 19.3 Å². The molecule has 1 aliphatic heterocycles. The summed E-state index contributed by atoms with van der Waals surface area (Å²) in [6.07, 6.45) is 5.30. The summed E-state index contributed by atoms with van der Waals surface area (Å²) in [5.41, 5.74) is -0.364. The summed E-state index contributed by atoms with van der Waals surface area (Å²) in [4.78, 5) is 17.2. The number of aliphatic hydroxyl groups is 4. The van der Waals surface area contributed by atoms with Gasteiger partial charge in [0.05, 0.1) is 18.8 Å². The van der Waals surface area contributed by atoms with Crippen molar-refractivity contribution in [3.8, 4) is 0 Å². The Morgan fingerprint density at radius 1 is 1.00 bits per heavy atom. The number of carbonyl (C=O) groups is 1. The summed E-state index contributed by atoms with van der Waals surface area (Å²) in [5, 5.41) is 39.4. The lowest BCUT2D eigenvalue weighted by molar-refractivity contribution is -0.145. The Bertz CT molecular complexity index is 553. The number of hydrogen-bond acceptors (Lipinski definition) is 6.